The second-order valence-corrected chi connectivity index (χ2v) is 7.93. The minimum Gasteiger partial charge on any atom is -0.507 e. The van der Waals surface area contributed by atoms with E-state index in [1.165, 1.54) is 43.4 Å². The molecule has 33 heavy (non-hydrogen) atoms. The number of Topliss-reactive ketones (excluding diaryl/α,β-unsaturated/α-hetero) is 1. The Kier molecular flexibility index (Phi) is 7.23. The van der Waals surface area contributed by atoms with Gasteiger partial charge >= 0.3 is 0 Å². The highest BCUT2D eigenvalue weighted by atomic mass is 19.1. The minimum absolute atomic E-state index is 0.0180. The van der Waals surface area contributed by atoms with E-state index in [0.29, 0.717) is 18.5 Å². The molecule has 2 aromatic carbocycles. The normalized spacial score (nSPS) is 17.6. The Bertz CT molecular complexity index is 1100. The van der Waals surface area contributed by atoms with Crippen molar-refractivity contribution >= 4 is 17.4 Å². The smallest absolute Gasteiger partial charge is 0.295 e. The zero-order valence-electron chi connectivity index (χ0n) is 19.0. The summed E-state index contributed by atoms with van der Waals surface area (Å²) in [4.78, 5) is 29.3. The summed E-state index contributed by atoms with van der Waals surface area (Å²) in [5.41, 5.74) is 0.335. The van der Waals surface area contributed by atoms with Crippen LogP contribution in [-0.2, 0) is 9.59 Å². The zero-order chi connectivity index (χ0) is 24.3. The molecule has 1 aliphatic rings. The van der Waals surface area contributed by atoms with E-state index in [9.17, 15) is 24.2 Å². The number of carbonyl (C=O) groups is 2. The molecule has 1 aliphatic heterocycles. The number of phenols is 1. The van der Waals surface area contributed by atoms with Crippen molar-refractivity contribution < 1.29 is 33.7 Å². The monoisotopic (exact) mass is 458 g/mol. The highest BCUT2D eigenvalue weighted by Gasteiger charge is 2.46. The third-order valence-electron chi connectivity index (χ3n) is 5.49. The molecule has 176 valence electrons. The predicted octanol–water partition coefficient (Wildman–Crippen LogP) is 2.92. The van der Waals surface area contributed by atoms with Crippen molar-refractivity contribution in [2.24, 2.45) is 0 Å². The molecule has 0 saturated carbocycles. The molecule has 1 fully saturated rings. The number of aromatic hydroxyl groups is 1. The number of aliphatic hydroxyl groups is 1. The van der Waals surface area contributed by atoms with Crippen LogP contribution in [0.4, 0.5) is 4.39 Å². The molecule has 1 saturated heterocycles. The van der Waals surface area contributed by atoms with E-state index in [1.807, 2.05) is 19.0 Å². The summed E-state index contributed by atoms with van der Waals surface area (Å²) in [7, 11) is 6.49. The van der Waals surface area contributed by atoms with Gasteiger partial charge in [-0.25, -0.2) is 4.39 Å². The molecule has 0 aliphatic carbocycles. The lowest BCUT2D eigenvalue weighted by atomic mass is 9.95. The average Bonchev–Trinajstić information content (AvgIpc) is 3.03. The van der Waals surface area contributed by atoms with Gasteiger partial charge in [0.15, 0.2) is 23.1 Å². The Balaban J connectivity index is 2.15. The molecule has 1 amide bonds. The molecule has 8 nitrogen and oxygen atoms in total. The number of ketones is 1. The quantitative estimate of drug-likeness (QED) is 0.356. The van der Waals surface area contributed by atoms with Crippen LogP contribution in [0.3, 0.4) is 0 Å². The lowest BCUT2D eigenvalue weighted by Crippen LogP contribution is -2.32. The van der Waals surface area contributed by atoms with Gasteiger partial charge in [-0.15, -0.1) is 0 Å². The number of benzene rings is 2. The number of halogens is 1. The van der Waals surface area contributed by atoms with Crippen LogP contribution in [0.15, 0.2) is 42.0 Å². The maximum atomic E-state index is 14.3. The van der Waals surface area contributed by atoms with Crippen LogP contribution in [0.2, 0.25) is 0 Å². The van der Waals surface area contributed by atoms with E-state index in [0.717, 1.165) is 6.07 Å². The summed E-state index contributed by atoms with van der Waals surface area (Å²) in [6.07, 6.45) is 0.586. The molecule has 0 spiro atoms. The highest BCUT2D eigenvalue weighted by molar-refractivity contribution is 6.46. The molecular formula is C24H27FN2O6. The molecule has 0 bridgehead atoms. The van der Waals surface area contributed by atoms with Gasteiger partial charge in [-0.1, -0.05) is 6.07 Å². The molecule has 1 heterocycles. The van der Waals surface area contributed by atoms with Gasteiger partial charge < -0.3 is 29.5 Å². The lowest BCUT2D eigenvalue weighted by Gasteiger charge is -2.26. The maximum Gasteiger partial charge on any atom is 0.295 e. The van der Waals surface area contributed by atoms with Crippen molar-refractivity contribution in [3.63, 3.8) is 0 Å². The standard InChI is InChI=1S/C24H27FN2O6/c1-26(2)10-5-11-27-21(14-6-8-17(28)19(13-14)33-4)20(23(30)24(27)31)22(29)15-7-9-18(32-3)16(25)12-15/h6-9,12-13,21,28-29H,5,10-11H2,1-4H3. The van der Waals surface area contributed by atoms with Crippen LogP contribution in [0.25, 0.3) is 5.76 Å². The molecule has 2 aromatic rings. The second kappa shape index (κ2) is 9.91. The van der Waals surface area contributed by atoms with Crippen LogP contribution in [0.1, 0.15) is 23.6 Å². The minimum atomic E-state index is -0.938. The van der Waals surface area contributed by atoms with Gasteiger partial charge in [0.1, 0.15) is 5.76 Å². The summed E-state index contributed by atoms with van der Waals surface area (Å²) in [5.74, 6) is -2.82. The Labute approximate surface area is 191 Å². The van der Waals surface area contributed by atoms with Crippen LogP contribution < -0.4 is 9.47 Å². The average molecular weight is 458 g/mol. The number of ether oxygens (including phenoxy) is 2. The number of phenolic OH excluding ortho intramolecular Hbond substituents is 1. The fourth-order valence-electron chi connectivity index (χ4n) is 3.85. The van der Waals surface area contributed by atoms with Crippen LogP contribution >= 0.6 is 0 Å². The van der Waals surface area contributed by atoms with Gasteiger partial charge in [-0.05, 0) is 63.0 Å². The third-order valence-corrected chi connectivity index (χ3v) is 5.49. The molecule has 9 heteroatoms. The maximum absolute atomic E-state index is 14.3. The number of nitrogens with zero attached hydrogens (tertiary/aromatic N) is 2. The van der Waals surface area contributed by atoms with Gasteiger partial charge in [-0.2, -0.15) is 0 Å². The predicted molar refractivity (Wildman–Crippen MR) is 120 cm³/mol. The van der Waals surface area contributed by atoms with Crippen molar-refractivity contribution in [2.75, 3.05) is 41.4 Å². The summed E-state index contributed by atoms with van der Waals surface area (Å²) < 4.78 is 24.4. The molecule has 0 aromatic heterocycles. The summed E-state index contributed by atoms with van der Waals surface area (Å²) in [6, 6.07) is 7.29. The fraction of sp³-hybridized carbons (Fsp3) is 0.333. The van der Waals surface area contributed by atoms with Gasteiger partial charge in [-0.3, -0.25) is 9.59 Å². The number of hydrogen-bond acceptors (Lipinski definition) is 7. The van der Waals surface area contributed by atoms with Gasteiger partial charge in [0.2, 0.25) is 0 Å². The van der Waals surface area contributed by atoms with E-state index in [-0.39, 0.29) is 34.9 Å². The summed E-state index contributed by atoms with van der Waals surface area (Å²) in [5, 5.41) is 21.0. The number of rotatable bonds is 8. The first kappa shape index (κ1) is 24.1. The summed E-state index contributed by atoms with van der Waals surface area (Å²) >= 11 is 0. The Morgan fingerprint density at radius 1 is 1.09 bits per heavy atom. The SMILES string of the molecule is COc1cc(C2C(=C(O)c3ccc(OC)c(F)c3)C(=O)C(=O)N2CCCN(C)C)ccc1O. The number of methoxy groups -OCH3 is 2. The molecule has 0 radical (unpaired) electrons. The molecule has 1 atom stereocenters. The summed E-state index contributed by atoms with van der Waals surface area (Å²) in [6.45, 7) is 0.933. The number of amides is 1. The second-order valence-electron chi connectivity index (χ2n) is 7.93. The number of carbonyl (C=O) groups excluding carboxylic acids is 2. The molecular weight excluding hydrogens is 431 g/mol. The molecule has 2 N–H and O–H groups in total. The van der Waals surface area contributed by atoms with E-state index >= 15 is 0 Å². The first-order chi connectivity index (χ1) is 15.7. The van der Waals surface area contributed by atoms with Crippen LogP contribution in [-0.4, -0.2) is 73.1 Å². The van der Waals surface area contributed by atoms with Gasteiger partial charge in [0.25, 0.3) is 11.7 Å². The lowest BCUT2D eigenvalue weighted by molar-refractivity contribution is -0.139. The Hall–Kier alpha value is -3.59. The van der Waals surface area contributed by atoms with E-state index in [4.69, 9.17) is 9.47 Å². The fourth-order valence-corrected chi connectivity index (χ4v) is 3.85. The topological polar surface area (TPSA) is 99.5 Å². The van der Waals surface area contributed by atoms with Gasteiger partial charge in [0, 0.05) is 12.1 Å². The third kappa shape index (κ3) is 4.78. The van der Waals surface area contributed by atoms with Crippen LogP contribution in [0, 0.1) is 5.82 Å². The van der Waals surface area contributed by atoms with E-state index < -0.39 is 29.3 Å². The van der Waals surface area contributed by atoms with Crippen LogP contribution in [0.5, 0.6) is 17.2 Å². The zero-order valence-corrected chi connectivity index (χ0v) is 19.0. The number of hydrogen-bond donors (Lipinski definition) is 2. The van der Waals surface area contributed by atoms with Crippen molar-refractivity contribution in [2.45, 2.75) is 12.5 Å². The van der Waals surface area contributed by atoms with Crippen molar-refractivity contribution in [3.05, 3.63) is 58.9 Å². The Morgan fingerprint density at radius 2 is 1.79 bits per heavy atom. The molecule has 3 rings (SSSR count). The van der Waals surface area contributed by atoms with Crippen molar-refractivity contribution in [1.29, 1.82) is 0 Å². The number of aliphatic hydroxyl groups excluding tert-OH is 1. The highest BCUT2D eigenvalue weighted by Crippen LogP contribution is 2.42. The van der Waals surface area contributed by atoms with E-state index in [2.05, 4.69) is 0 Å². The van der Waals surface area contributed by atoms with E-state index in [1.54, 1.807) is 6.07 Å². The van der Waals surface area contributed by atoms with Crippen molar-refractivity contribution in [1.82, 2.24) is 9.80 Å². The first-order valence-electron chi connectivity index (χ1n) is 10.3. The largest absolute Gasteiger partial charge is 0.507 e. The Morgan fingerprint density at radius 3 is 2.39 bits per heavy atom. The van der Waals surface area contributed by atoms with Crippen molar-refractivity contribution in [3.8, 4) is 17.2 Å². The number of likely N-dealkylation sites (tertiary alicyclic amines) is 1. The molecule has 1 unspecified atom stereocenters. The first-order valence-corrected chi connectivity index (χ1v) is 10.3. The van der Waals surface area contributed by atoms with Gasteiger partial charge in [0.05, 0.1) is 25.8 Å².